The second kappa shape index (κ2) is 7.58. The van der Waals surface area contributed by atoms with Crippen LogP contribution in [0.25, 0.3) is 0 Å². The monoisotopic (exact) mass is 369 g/mol. The van der Waals surface area contributed by atoms with Crippen molar-refractivity contribution in [3.8, 4) is 6.07 Å². The van der Waals surface area contributed by atoms with Crippen LogP contribution in [0.1, 0.15) is 22.3 Å². The van der Waals surface area contributed by atoms with Gasteiger partial charge in [0.15, 0.2) is 0 Å². The Hall–Kier alpha value is -2.20. The van der Waals surface area contributed by atoms with Gasteiger partial charge in [0.05, 0.1) is 16.5 Å². The zero-order chi connectivity index (χ0) is 18.7. The van der Waals surface area contributed by atoms with Crippen molar-refractivity contribution in [2.75, 3.05) is 26.2 Å². The molecule has 1 heterocycles. The number of hydrogen-bond acceptors (Lipinski definition) is 4. The van der Waals surface area contributed by atoms with Crippen molar-refractivity contribution in [1.82, 2.24) is 9.21 Å². The van der Waals surface area contributed by atoms with E-state index in [-0.39, 0.29) is 0 Å². The maximum absolute atomic E-state index is 12.9. The molecule has 2 aromatic rings. The molecule has 3 rings (SSSR count). The molecule has 0 aliphatic carbocycles. The van der Waals surface area contributed by atoms with Gasteiger partial charge in [0, 0.05) is 32.7 Å². The Labute approximate surface area is 155 Å². The van der Waals surface area contributed by atoms with Crippen molar-refractivity contribution in [1.29, 1.82) is 5.26 Å². The molecular weight excluding hydrogens is 346 g/mol. The first-order valence-electron chi connectivity index (χ1n) is 8.69. The van der Waals surface area contributed by atoms with Crippen molar-refractivity contribution in [3.63, 3.8) is 0 Å². The van der Waals surface area contributed by atoms with Crippen LogP contribution in [-0.2, 0) is 16.6 Å². The van der Waals surface area contributed by atoms with E-state index in [9.17, 15) is 8.42 Å². The minimum Gasteiger partial charge on any atom is -0.296 e. The Morgan fingerprint density at radius 1 is 1.04 bits per heavy atom. The van der Waals surface area contributed by atoms with Crippen LogP contribution in [0.4, 0.5) is 0 Å². The van der Waals surface area contributed by atoms with E-state index in [4.69, 9.17) is 5.26 Å². The third-order valence-corrected chi connectivity index (χ3v) is 6.80. The highest BCUT2D eigenvalue weighted by molar-refractivity contribution is 7.89. The lowest BCUT2D eigenvalue weighted by atomic mass is 10.1. The first kappa shape index (κ1) is 18.6. The number of nitrogens with zero attached hydrogens (tertiary/aromatic N) is 3. The highest BCUT2D eigenvalue weighted by Gasteiger charge is 2.29. The van der Waals surface area contributed by atoms with E-state index < -0.39 is 10.0 Å². The largest absolute Gasteiger partial charge is 0.296 e. The average Bonchev–Trinajstić information content (AvgIpc) is 2.62. The minimum absolute atomic E-state index is 0.401. The number of piperazine rings is 1. The van der Waals surface area contributed by atoms with Crippen LogP contribution in [0.15, 0.2) is 47.4 Å². The van der Waals surface area contributed by atoms with Gasteiger partial charge in [-0.25, -0.2) is 8.42 Å². The molecule has 1 fully saturated rings. The molecule has 0 atom stereocenters. The van der Waals surface area contributed by atoms with Gasteiger partial charge in [-0.1, -0.05) is 29.8 Å². The van der Waals surface area contributed by atoms with Crippen molar-refractivity contribution in [2.24, 2.45) is 0 Å². The molecule has 5 nitrogen and oxygen atoms in total. The van der Waals surface area contributed by atoms with E-state index in [1.807, 2.05) is 44.2 Å². The van der Waals surface area contributed by atoms with Gasteiger partial charge in [0.2, 0.25) is 10.0 Å². The molecule has 0 aromatic heterocycles. The second-order valence-corrected chi connectivity index (χ2v) is 8.67. The molecule has 1 saturated heterocycles. The molecule has 0 unspecified atom stereocenters. The van der Waals surface area contributed by atoms with Gasteiger partial charge in [-0.3, -0.25) is 4.90 Å². The lowest BCUT2D eigenvalue weighted by Crippen LogP contribution is -2.48. The van der Waals surface area contributed by atoms with Crippen LogP contribution < -0.4 is 0 Å². The van der Waals surface area contributed by atoms with Gasteiger partial charge >= 0.3 is 0 Å². The molecule has 2 aromatic carbocycles. The SMILES string of the molecule is Cc1ccc(S(=O)(=O)N2CCN(Cc3cccc(C#N)c3)CC2)c(C)c1. The summed E-state index contributed by atoms with van der Waals surface area (Å²) in [5, 5.41) is 9.00. The first-order valence-corrected chi connectivity index (χ1v) is 10.1. The van der Waals surface area contributed by atoms with E-state index in [0.29, 0.717) is 36.6 Å². The van der Waals surface area contributed by atoms with E-state index in [1.165, 1.54) is 0 Å². The van der Waals surface area contributed by atoms with Crippen molar-refractivity contribution < 1.29 is 8.42 Å². The Bertz CT molecular complexity index is 940. The molecule has 0 saturated carbocycles. The van der Waals surface area contributed by atoms with Crippen molar-refractivity contribution in [3.05, 3.63) is 64.7 Å². The summed E-state index contributed by atoms with van der Waals surface area (Å²) in [4.78, 5) is 2.63. The van der Waals surface area contributed by atoms with Crippen LogP contribution >= 0.6 is 0 Å². The van der Waals surface area contributed by atoms with Gasteiger partial charge in [-0.2, -0.15) is 9.57 Å². The van der Waals surface area contributed by atoms with Gasteiger partial charge < -0.3 is 0 Å². The van der Waals surface area contributed by atoms with Gasteiger partial charge in [-0.15, -0.1) is 0 Å². The molecule has 26 heavy (non-hydrogen) atoms. The first-order chi connectivity index (χ1) is 12.4. The summed E-state index contributed by atoms with van der Waals surface area (Å²) in [7, 11) is -3.45. The number of aryl methyl sites for hydroxylation is 2. The summed E-state index contributed by atoms with van der Waals surface area (Å²) in [6.45, 7) is 6.86. The van der Waals surface area contributed by atoms with Gasteiger partial charge in [0.25, 0.3) is 0 Å². The quantitative estimate of drug-likeness (QED) is 0.831. The standard InChI is InChI=1S/C20H23N3O2S/c1-16-6-7-20(17(2)12-16)26(24,25)23-10-8-22(9-11-23)15-19-5-3-4-18(13-19)14-21/h3-7,12-13H,8-11,15H2,1-2H3. The summed E-state index contributed by atoms with van der Waals surface area (Å²) < 4.78 is 27.5. The van der Waals surface area contributed by atoms with Crippen LogP contribution in [0.5, 0.6) is 0 Å². The van der Waals surface area contributed by atoms with Crippen LogP contribution in [0.2, 0.25) is 0 Å². The van der Waals surface area contributed by atoms with Crippen LogP contribution in [0.3, 0.4) is 0 Å². The molecule has 0 amide bonds. The summed E-state index contributed by atoms with van der Waals surface area (Å²) >= 11 is 0. The Morgan fingerprint density at radius 2 is 1.77 bits per heavy atom. The topological polar surface area (TPSA) is 64.4 Å². The number of hydrogen-bond donors (Lipinski definition) is 0. The molecule has 136 valence electrons. The summed E-state index contributed by atoms with van der Waals surface area (Å²) in [5.41, 5.74) is 3.58. The molecule has 0 radical (unpaired) electrons. The van der Waals surface area contributed by atoms with Gasteiger partial charge in [-0.05, 0) is 43.2 Å². The van der Waals surface area contributed by atoms with E-state index >= 15 is 0 Å². The predicted molar refractivity (Wildman–Crippen MR) is 101 cm³/mol. The molecular formula is C20H23N3O2S. The Morgan fingerprint density at radius 3 is 2.42 bits per heavy atom. The fourth-order valence-corrected chi connectivity index (χ4v) is 4.98. The number of nitriles is 1. The fourth-order valence-electron chi connectivity index (χ4n) is 3.35. The van der Waals surface area contributed by atoms with Crippen LogP contribution in [0, 0.1) is 25.2 Å². The molecule has 1 aliphatic heterocycles. The fraction of sp³-hybridized carbons (Fsp3) is 0.350. The second-order valence-electron chi connectivity index (χ2n) is 6.76. The molecule has 0 spiro atoms. The van der Waals surface area contributed by atoms with E-state index in [0.717, 1.165) is 23.2 Å². The summed E-state index contributed by atoms with van der Waals surface area (Å²) in [6, 6.07) is 15.2. The molecule has 6 heteroatoms. The average molecular weight is 369 g/mol. The zero-order valence-electron chi connectivity index (χ0n) is 15.1. The van der Waals surface area contributed by atoms with E-state index in [1.54, 1.807) is 16.4 Å². The molecule has 0 N–H and O–H groups in total. The third kappa shape index (κ3) is 3.96. The highest BCUT2D eigenvalue weighted by Crippen LogP contribution is 2.22. The Balaban J connectivity index is 1.67. The number of rotatable bonds is 4. The minimum atomic E-state index is -3.45. The lowest BCUT2D eigenvalue weighted by Gasteiger charge is -2.34. The predicted octanol–water partition coefficient (Wildman–Crippen LogP) is 2.68. The molecule has 1 aliphatic rings. The van der Waals surface area contributed by atoms with Crippen molar-refractivity contribution >= 4 is 10.0 Å². The van der Waals surface area contributed by atoms with Gasteiger partial charge in [0.1, 0.15) is 0 Å². The lowest BCUT2D eigenvalue weighted by molar-refractivity contribution is 0.181. The highest BCUT2D eigenvalue weighted by atomic mass is 32.2. The summed E-state index contributed by atoms with van der Waals surface area (Å²) in [6.07, 6.45) is 0. The number of benzene rings is 2. The van der Waals surface area contributed by atoms with E-state index in [2.05, 4.69) is 11.0 Å². The smallest absolute Gasteiger partial charge is 0.243 e. The van der Waals surface area contributed by atoms with Crippen molar-refractivity contribution in [2.45, 2.75) is 25.3 Å². The maximum atomic E-state index is 12.9. The Kier molecular flexibility index (Phi) is 5.42. The van der Waals surface area contributed by atoms with Crippen LogP contribution in [-0.4, -0.2) is 43.8 Å². The zero-order valence-corrected chi connectivity index (χ0v) is 16.0. The maximum Gasteiger partial charge on any atom is 0.243 e. The summed E-state index contributed by atoms with van der Waals surface area (Å²) in [5.74, 6) is 0. The number of sulfonamides is 1. The molecule has 0 bridgehead atoms. The normalized spacial score (nSPS) is 16.3. The third-order valence-electron chi connectivity index (χ3n) is 4.74.